The van der Waals surface area contributed by atoms with Crippen LogP contribution in [0.4, 0.5) is 17.1 Å². The lowest BCUT2D eigenvalue weighted by Crippen LogP contribution is -2.28. The van der Waals surface area contributed by atoms with Gasteiger partial charge in [-0.2, -0.15) is 0 Å². The van der Waals surface area contributed by atoms with E-state index in [1.807, 2.05) is 0 Å². The molecule has 0 saturated heterocycles. The summed E-state index contributed by atoms with van der Waals surface area (Å²) < 4.78 is 6.69. The van der Waals surface area contributed by atoms with Crippen molar-refractivity contribution in [2.45, 2.75) is 10.8 Å². The Bertz CT molecular complexity index is 3510. The summed E-state index contributed by atoms with van der Waals surface area (Å²) in [6.45, 7) is 0. The van der Waals surface area contributed by atoms with E-state index in [1.54, 1.807) is 0 Å². The van der Waals surface area contributed by atoms with Crippen LogP contribution in [0.3, 0.4) is 0 Å². The van der Waals surface area contributed by atoms with E-state index in [-0.39, 0.29) is 0 Å². The Labute approximate surface area is 372 Å². The molecule has 10 aromatic carbocycles. The molecule has 0 unspecified atom stereocenters. The van der Waals surface area contributed by atoms with Gasteiger partial charge in [-0.3, -0.25) is 0 Å². The molecule has 0 N–H and O–H groups in total. The molecular formula is C62H39NO. The topological polar surface area (TPSA) is 16.4 Å². The van der Waals surface area contributed by atoms with Gasteiger partial charge in [-0.05, 0) is 97.1 Å². The summed E-state index contributed by atoms with van der Waals surface area (Å²) in [6, 6.07) is 87.7. The van der Waals surface area contributed by atoms with Gasteiger partial charge in [0.15, 0.2) is 0 Å². The van der Waals surface area contributed by atoms with Crippen molar-refractivity contribution in [1.29, 1.82) is 0 Å². The van der Waals surface area contributed by atoms with Gasteiger partial charge in [0.2, 0.25) is 0 Å². The highest BCUT2D eigenvalue weighted by atomic mass is 16.3. The van der Waals surface area contributed by atoms with E-state index in [2.05, 4.69) is 241 Å². The van der Waals surface area contributed by atoms with Crippen molar-refractivity contribution in [2.24, 2.45) is 0 Å². The third-order valence-corrected chi connectivity index (χ3v) is 14.6. The van der Waals surface area contributed by atoms with Crippen molar-refractivity contribution in [2.75, 3.05) is 4.90 Å². The zero-order chi connectivity index (χ0) is 42.0. The van der Waals surface area contributed by atoms with Crippen molar-refractivity contribution >= 4 is 39.0 Å². The van der Waals surface area contributed by atoms with E-state index in [0.717, 1.165) is 39.0 Å². The largest absolute Gasteiger partial charge is 0.456 e. The van der Waals surface area contributed by atoms with E-state index in [9.17, 15) is 0 Å². The lowest BCUT2D eigenvalue weighted by Gasteiger charge is -2.35. The van der Waals surface area contributed by atoms with Crippen LogP contribution in [0.25, 0.3) is 55.3 Å². The smallest absolute Gasteiger partial charge is 0.137 e. The molecule has 3 aliphatic carbocycles. The van der Waals surface area contributed by atoms with Crippen LogP contribution in [0.2, 0.25) is 0 Å². The third kappa shape index (κ3) is 4.39. The minimum Gasteiger partial charge on any atom is -0.456 e. The molecule has 0 aliphatic heterocycles. The van der Waals surface area contributed by atoms with Gasteiger partial charge in [0.25, 0.3) is 0 Å². The number of furan rings is 1. The number of benzene rings is 10. The number of hydrogen-bond acceptors (Lipinski definition) is 2. The van der Waals surface area contributed by atoms with Gasteiger partial charge < -0.3 is 9.32 Å². The van der Waals surface area contributed by atoms with Crippen LogP contribution in [-0.4, -0.2) is 0 Å². The molecular weight excluding hydrogens is 775 g/mol. The summed E-state index contributed by atoms with van der Waals surface area (Å²) in [5.41, 5.74) is 21.9. The standard InChI is InChI=1S/C62H39NO/c1-3-20-40(21-4-1)61(41-22-5-2-6-23-41)49-31-14-9-26-44(49)58-51(61)33-17-35-53(58)63(55-37-19-39-57-60(55)46-28-11-16-38-56(46)64-57)54-36-18-34-52-59(54)45-27-10-15-32-50(45)62(52)47-29-12-7-24-42(47)43-25-8-13-30-48(43)62/h1-39H. The highest BCUT2D eigenvalue weighted by Gasteiger charge is 2.53. The van der Waals surface area contributed by atoms with Crippen LogP contribution in [-0.2, 0) is 10.8 Å². The Kier molecular flexibility index (Phi) is 7.28. The number of para-hydroxylation sites is 1. The maximum atomic E-state index is 6.69. The SMILES string of the molecule is c1ccc(C2(c3ccccc3)c3ccccc3-c3c(N(c4cccc5c4-c4ccccc4C54c5ccccc5-c5ccccc54)c4cccc5oc6ccccc6c45)cccc32)cc1. The first-order valence-electron chi connectivity index (χ1n) is 22.3. The van der Waals surface area contributed by atoms with Crippen LogP contribution >= 0.6 is 0 Å². The number of rotatable bonds is 5. The highest BCUT2D eigenvalue weighted by molar-refractivity contribution is 6.15. The maximum Gasteiger partial charge on any atom is 0.137 e. The van der Waals surface area contributed by atoms with Crippen LogP contribution < -0.4 is 4.90 Å². The van der Waals surface area contributed by atoms with Crippen molar-refractivity contribution in [3.05, 3.63) is 281 Å². The second kappa shape index (κ2) is 13.2. The van der Waals surface area contributed by atoms with Crippen molar-refractivity contribution in [3.63, 3.8) is 0 Å². The lowest BCUT2D eigenvalue weighted by atomic mass is 9.68. The van der Waals surface area contributed by atoms with Gasteiger partial charge in [0.1, 0.15) is 11.2 Å². The van der Waals surface area contributed by atoms with Gasteiger partial charge in [-0.15, -0.1) is 0 Å². The minimum absolute atomic E-state index is 0.490. The molecule has 0 saturated carbocycles. The molecule has 0 amide bonds. The van der Waals surface area contributed by atoms with Gasteiger partial charge in [-0.25, -0.2) is 0 Å². The predicted molar refractivity (Wildman–Crippen MR) is 262 cm³/mol. The molecule has 0 bridgehead atoms. The van der Waals surface area contributed by atoms with Crippen molar-refractivity contribution < 1.29 is 4.42 Å². The molecule has 1 heterocycles. The van der Waals surface area contributed by atoms with E-state index >= 15 is 0 Å². The fourth-order valence-electron chi connectivity index (χ4n) is 12.3. The zero-order valence-corrected chi connectivity index (χ0v) is 34.9. The second-order valence-electron chi connectivity index (χ2n) is 17.4. The van der Waals surface area contributed by atoms with Crippen LogP contribution in [0.5, 0.6) is 0 Å². The molecule has 0 radical (unpaired) electrons. The summed E-state index contributed by atoms with van der Waals surface area (Å²) >= 11 is 0. The number of fused-ring (bicyclic) bond motifs is 16. The molecule has 14 rings (SSSR count). The number of nitrogens with zero attached hydrogens (tertiary/aromatic N) is 1. The van der Waals surface area contributed by atoms with Gasteiger partial charge in [0.05, 0.1) is 33.3 Å². The molecule has 0 fully saturated rings. The van der Waals surface area contributed by atoms with E-state index in [1.165, 1.54) is 77.9 Å². The Morgan fingerprint density at radius 3 is 1.25 bits per heavy atom. The fourth-order valence-corrected chi connectivity index (χ4v) is 12.3. The number of anilines is 3. The van der Waals surface area contributed by atoms with Crippen LogP contribution in [0, 0.1) is 0 Å². The molecule has 11 aromatic rings. The number of hydrogen-bond donors (Lipinski definition) is 0. The van der Waals surface area contributed by atoms with E-state index in [0.29, 0.717) is 0 Å². The fraction of sp³-hybridized carbons (Fsp3) is 0.0323. The summed E-state index contributed by atoms with van der Waals surface area (Å²) in [7, 11) is 0. The average Bonchev–Trinajstić information content (AvgIpc) is 4.08. The summed E-state index contributed by atoms with van der Waals surface area (Å²) in [5, 5.41) is 2.19. The van der Waals surface area contributed by atoms with Gasteiger partial charge >= 0.3 is 0 Å². The normalized spacial score (nSPS) is 14.2. The second-order valence-corrected chi connectivity index (χ2v) is 17.4. The van der Waals surface area contributed by atoms with Gasteiger partial charge in [0, 0.05) is 16.5 Å². The van der Waals surface area contributed by atoms with E-state index < -0.39 is 10.8 Å². The van der Waals surface area contributed by atoms with Crippen LogP contribution in [0.15, 0.2) is 241 Å². The van der Waals surface area contributed by atoms with Crippen molar-refractivity contribution in [1.82, 2.24) is 0 Å². The quantitative estimate of drug-likeness (QED) is 0.172. The highest BCUT2D eigenvalue weighted by Crippen LogP contribution is 2.66. The molecule has 64 heavy (non-hydrogen) atoms. The predicted octanol–water partition coefficient (Wildman–Crippen LogP) is 15.8. The van der Waals surface area contributed by atoms with Gasteiger partial charge in [-0.1, -0.05) is 206 Å². The molecule has 2 nitrogen and oxygen atoms in total. The Hall–Kier alpha value is -8.20. The molecule has 2 heteroatoms. The zero-order valence-electron chi connectivity index (χ0n) is 34.9. The first-order valence-corrected chi connectivity index (χ1v) is 22.3. The Morgan fingerprint density at radius 1 is 0.281 bits per heavy atom. The molecule has 3 aliphatic rings. The molecule has 0 atom stereocenters. The first kappa shape index (κ1) is 35.4. The summed E-state index contributed by atoms with van der Waals surface area (Å²) in [6.07, 6.45) is 0. The Morgan fingerprint density at radius 2 is 0.672 bits per heavy atom. The summed E-state index contributed by atoms with van der Waals surface area (Å²) in [5.74, 6) is 0. The maximum absolute atomic E-state index is 6.69. The van der Waals surface area contributed by atoms with E-state index in [4.69, 9.17) is 4.42 Å². The summed E-state index contributed by atoms with van der Waals surface area (Å²) in [4.78, 5) is 2.58. The minimum atomic E-state index is -0.558. The van der Waals surface area contributed by atoms with Crippen molar-refractivity contribution in [3.8, 4) is 33.4 Å². The molecule has 1 spiro atoms. The molecule has 1 aromatic heterocycles. The lowest BCUT2D eigenvalue weighted by molar-refractivity contribution is 0.669. The Balaban J connectivity index is 1.14. The van der Waals surface area contributed by atoms with Crippen LogP contribution in [0.1, 0.15) is 44.5 Å². The monoisotopic (exact) mass is 813 g/mol. The first-order chi connectivity index (χ1) is 31.8. The average molecular weight is 814 g/mol. The third-order valence-electron chi connectivity index (χ3n) is 14.6. The molecule has 298 valence electrons.